The normalized spacial score (nSPS) is 14.2. The zero-order valence-electron chi connectivity index (χ0n) is 22.1. The first-order valence-electron chi connectivity index (χ1n) is 13.6. The fraction of sp³-hybridized carbons (Fsp3) is 0.375. The second kappa shape index (κ2) is 14.1. The highest BCUT2D eigenvalue weighted by molar-refractivity contribution is 9.10. The Hall–Kier alpha value is -3.12. The molecule has 3 aromatic carbocycles. The minimum absolute atomic E-state index is 0.0390. The number of nitrogens with zero attached hydrogens (tertiary/aromatic N) is 1. The number of carbonyl (C=O) groups is 2. The van der Waals surface area contributed by atoms with Crippen LogP contribution in [0.2, 0.25) is 0 Å². The molecule has 6 heteroatoms. The third kappa shape index (κ3) is 8.45. The molecule has 0 aliphatic heterocycles. The van der Waals surface area contributed by atoms with Gasteiger partial charge in [-0.2, -0.15) is 0 Å². The van der Waals surface area contributed by atoms with E-state index in [9.17, 15) is 9.59 Å². The van der Waals surface area contributed by atoms with E-state index in [1.54, 1.807) is 4.90 Å². The van der Waals surface area contributed by atoms with Crippen molar-refractivity contribution >= 4 is 27.7 Å². The van der Waals surface area contributed by atoms with Gasteiger partial charge in [0, 0.05) is 29.9 Å². The largest absolute Gasteiger partial charge is 0.494 e. The number of halogens is 1. The molecule has 0 bridgehead atoms. The molecule has 1 aliphatic carbocycles. The van der Waals surface area contributed by atoms with E-state index in [0.717, 1.165) is 47.0 Å². The lowest BCUT2D eigenvalue weighted by molar-refractivity contribution is -0.141. The van der Waals surface area contributed by atoms with Crippen LogP contribution >= 0.6 is 15.9 Å². The van der Waals surface area contributed by atoms with Gasteiger partial charge in [0.05, 0.1) is 6.61 Å². The Labute approximate surface area is 234 Å². The van der Waals surface area contributed by atoms with E-state index in [1.165, 1.54) is 5.56 Å². The first kappa shape index (κ1) is 27.9. The van der Waals surface area contributed by atoms with Crippen molar-refractivity contribution in [3.05, 3.63) is 100 Å². The molecule has 38 heavy (non-hydrogen) atoms. The molecule has 1 unspecified atom stereocenters. The predicted octanol–water partition coefficient (Wildman–Crippen LogP) is 6.62. The first-order chi connectivity index (χ1) is 18.5. The van der Waals surface area contributed by atoms with Crippen LogP contribution in [0.1, 0.15) is 55.2 Å². The summed E-state index contributed by atoms with van der Waals surface area (Å²) in [5.41, 5.74) is 3.20. The van der Waals surface area contributed by atoms with E-state index in [2.05, 4.69) is 21.2 Å². The molecule has 0 radical (unpaired) electrons. The lowest BCUT2D eigenvalue weighted by atomic mass is 10.0. The average Bonchev–Trinajstić information content (AvgIpc) is 3.44. The Morgan fingerprint density at radius 2 is 1.63 bits per heavy atom. The summed E-state index contributed by atoms with van der Waals surface area (Å²) in [5, 5.41) is 3.26. The van der Waals surface area contributed by atoms with Crippen LogP contribution in [0, 0.1) is 6.92 Å². The second-order valence-corrected chi connectivity index (χ2v) is 11.0. The fourth-order valence-electron chi connectivity index (χ4n) is 4.90. The summed E-state index contributed by atoms with van der Waals surface area (Å²) in [4.78, 5) is 29.2. The molecule has 1 atom stereocenters. The molecule has 1 saturated carbocycles. The Kier molecular flexibility index (Phi) is 10.4. The fourth-order valence-corrected chi connectivity index (χ4v) is 5.16. The number of aryl methyl sites for hydroxylation is 1. The molecule has 4 rings (SSSR count). The van der Waals surface area contributed by atoms with Gasteiger partial charge in [0.1, 0.15) is 11.8 Å². The van der Waals surface area contributed by atoms with Crippen molar-refractivity contribution in [3.8, 4) is 5.75 Å². The van der Waals surface area contributed by atoms with Gasteiger partial charge in [-0.3, -0.25) is 9.59 Å². The highest BCUT2D eigenvalue weighted by atomic mass is 79.9. The van der Waals surface area contributed by atoms with Gasteiger partial charge in [-0.1, -0.05) is 88.9 Å². The molecule has 0 saturated heterocycles. The summed E-state index contributed by atoms with van der Waals surface area (Å²) in [6.45, 7) is 2.86. The third-order valence-electron chi connectivity index (χ3n) is 7.06. The van der Waals surface area contributed by atoms with Gasteiger partial charge < -0.3 is 15.0 Å². The highest BCUT2D eigenvalue weighted by Gasteiger charge is 2.32. The number of carbonyl (C=O) groups excluding carboxylic acids is 2. The summed E-state index contributed by atoms with van der Waals surface area (Å²) >= 11 is 3.49. The number of hydrogen-bond donors (Lipinski definition) is 1. The van der Waals surface area contributed by atoms with Crippen LogP contribution in [0.15, 0.2) is 83.3 Å². The smallest absolute Gasteiger partial charge is 0.243 e. The quantitative estimate of drug-likeness (QED) is 0.247. The van der Waals surface area contributed by atoms with Crippen LogP contribution in [0.5, 0.6) is 5.75 Å². The van der Waals surface area contributed by atoms with Gasteiger partial charge >= 0.3 is 0 Å². The number of nitrogens with one attached hydrogen (secondary N) is 1. The van der Waals surface area contributed by atoms with Crippen molar-refractivity contribution in [2.75, 3.05) is 6.61 Å². The summed E-state index contributed by atoms with van der Waals surface area (Å²) in [5.74, 6) is 0.692. The molecule has 0 heterocycles. The van der Waals surface area contributed by atoms with Gasteiger partial charge in [-0.15, -0.1) is 0 Å². The third-order valence-corrected chi connectivity index (χ3v) is 7.59. The maximum Gasteiger partial charge on any atom is 0.243 e. The van der Waals surface area contributed by atoms with Crippen molar-refractivity contribution in [3.63, 3.8) is 0 Å². The molecule has 0 spiro atoms. The highest BCUT2D eigenvalue weighted by Crippen LogP contribution is 2.21. The van der Waals surface area contributed by atoms with E-state index in [0.29, 0.717) is 32.4 Å². The molecule has 1 fully saturated rings. The number of rotatable bonds is 12. The van der Waals surface area contributed by atoms with Crippen molar-refractivity contribution in [1.82, 2.24) is 10.2 Å². The first-order valence-corrected chi connectivity index (χ1v) is 14.3. The lowest BCUT2D eigenvalue weighted by Gasteiger charge is -2.32. The van der Waals surface area contributed by atoms with Gasteiger partial charge in [-0.25, -0.2) is 0 Å². The minimum atomic E-state index is -0.591. The molecular weight excluding hydrogens is 540 g/mol. The van der Waals surface area contributed by atoms with Crippen molar-refractivity contribution in [1.29, 1.82) is 0 Å². The molecule has 1 aliphatic rings. The Bertz CT molecular complexity index is 1160. The van der Waals surface area contributed by atoms with Crippen molar-refractivity contribution < 1.29 is 14.3 Å². The lowest BCUT2D eigenvalue weighted by Crippen LogP contribution is -2.52. The van der Waals surface area contributed by atoms with E-state index in [1.807, 2.05) is 85.8 Å². The van der Waals surface area contributed by atoms with Gasteiger partial charge in [0.2, 0.25) is 11.8 Å². The molecule has 0 aromatic heterocycles. The summed E-state index contributed by atoms with van der Waals surface area (Å²) in [7, 11) is 0. The van der Waals surface area contributed by atoms with E-state index in [-0.39, 0.29) is 17.9 Å². The van der Waals surface area contributed by atoms with E-state index in [4.69, 9.17) is 4.74 Å². The van der Waals surface area contributed by atoms with Crippen LogP contribution in [0.25, 0.3) is 0 Å². The van der Waals surface area contributed by atoms with Crippen LogP contribution < -0.4 is 10.1 Å². The second-order valence-electron chi connectivity index (χ2n) is 10.1. The van der Waals surface area contributed by atoms with Crippen LogP contribution in [0.3, 0.4) is 0 Å². The Morgan fingerprint density at radius 1 is 0.947 bits per heavy atom. The molecule has 200 valence electrons. The van der Waals surface area contributed by atoms with Crippen LogP contribution in [-0.2, 0) is 22.6 Å². The molecule has 5 nitrogen and oxygen atoms in total. The maximum absolute atomic E-state index is 13.7. The number of amides is 2. The molecular formula is C32H37BrN2O3. The monoisotopic (exact) mass is 576 g/mol. The Morgan fingerprint density at radius 3 is 2.32 bits per heavy atom. The molecule has 1 N–H and O–H groups in total. The van der Waals surface area contributed by atoms with Gasteiger partial charge in [0.25, 0.3) is 0 Å². The molecule has 3 aromatic rings. The summed E-state index contributed by atoms with van der Waals surface area (Å²) in [6, 6.07) is 25.4. The Balaban J connectivity index is 1.50. The predicted molar refractivity (Wildman–Crippen MR) is 155 cm³/mol. The number of ether oxygens (including phenoxy) is 1. The SMILES string of the molecule is Cc1ccc(OCCCC(=O)N(Cc2ccc(Br)cc2)C(Cc2ccccc2)C(=O)NC2CCCC2)cc1. The zero-order valence-corrected chi connectivity index (χ0v) is 23.7. The number of hydrogen-bond acceptors (Lipinski definition) is 3. The van der Waals surface area contributed by atoms with E-state index >= 15 is 0 Å². The minimum Gasteiger partial charge on any atom is -0.494 e. The summed E-state index contributed by atoms with van der Waals surface area (Å²) in [6.07, 6.45) is 5.63. The average molecular weight is 578 g/mol. The van der Waals surface area contributed by atoms with Crippen molar-refractivity contribution in [2.24, 2.45) is 0 Å². The molecule has 2 amide bonds. The van der Waals surface area contributed by atoms with Gasteiger partial charge in [-0.05, 0) is 61.6 Å². The standard InChI is InChI=1S/C32H37BrN2O3/c1-24-13-19-29(20-14-24)38-21-7-12-31(36)35(23-26-15-17-27(33)18-16-26)30(22-25-8-3-2-4-9-25)32(37)34-28-10-5-6-11-28/h2-4,8-9,13-20,28,30H,5-7,10-12,21-23H2,1H3,(H,34,37). The maximum atomic E-state index is 13.7. The van der Waals surface area contributed by atoms with E-state index < -0.39 is 6.04 Å². The van der Waals surface area contributed by atoms with Crippen molar-refractivity contribution in [2.45, 2.75) is 70.5 Å². The number of benzene rings is 3. The van der Waals surface area contributed by atoms with Crippen LogP contribution in [-0.4, -0.2) is 35.4 Å². The van der Waals surface area contributed by atoms with Crippen LogP contribution in [0.4, 0.5) is 0 Å². The summed E-state index contributed by atoms with van der Waals surface area (Å²) < 4.78 is 6.84. The van der Waals surface area contributed by atoms with Gasteiger partial charge in [0.15, 0.2) is 0 Å². The zero-order chi connectivity index (χ0) is 26.7. The topological polar surface area (TPSA) is 58.6 Å².